The predicted molar refractivity (Wildman–Crippen MR) is 152 cm³/mol. The summed E-state index contributed by atoms with van der Waals surface area (Å²) in [5, 5.41) is 23.4. The summed E-state index contributed by atoms with van der Waals surface area (Å²) in [6.45, 7) is 2.49. The van der Waals surface area contributed by atoms with Crippen molar-refractivity contribution in [2.45, 2.75) is 51.6 Å². The van der Waals surface area contributed by atoms with Crippen molar-refractivity contribution in [1.29, 1.82) is 0 Å². The number of amides is 1. The maximum Gasteiger partial charge on any atom is 0.336 e. The molecule has 1 unspecified atom stereocenters. The van der Waals surface area contributed by atoms with E-state index in [0.29, 0.717) is 24.8 Å². The van der Waals surface area contributed by atoms with Gasteiger partial charge in [-0.1, -0.05) is 77.8 Å². The van der Waals surface area contributed by atoms with E-state index in [2.05, 4.69) is 33.2 Å². The molecule has 0 spiro atoms. The van der Waals surface area contributed by atoms with Crippen LogP contribution in [0.5, 0.6) is 0 Å². The molecule has 4 aromatic rings. The lowest BCUT2D eigenvalue weighted by Crippen LogP contribution is -2.38. The fourth-order valence-corrected chi connectivity index (χ4v) is 5.12. The molecule has 202 valence electrons. The van der Waals surface area contributed by atoms with Gasteiger partial charge in [0.15, 0.2) is 0 Å². The summed E-state index contributed by atoms with van der Waals surface area (Å²) in [7, 11) is 0. The predicted octanol–water partition coefficient (Wildman–Crippen LogP) is 5.70. The summed E-state index contributed by atoms with van der Waals surface area (Å²) in [6, 6.07) is 17.7. The summed E-state index contributed by atoms with van der Waals surface area (Å²) in [5.41, 5.74) is 2.26. The number of nitrogens with zero attached hydrogens (tertiary/aromatic N) is 2. The lowest BCUT2D eigenvalue weighted by atomic mass is 9.99. The van der Waals surface area contributed by atoms with Crippen LogP contribution in [-0.4, -0.2) is 43.7 Å². The van der Waals surface area contributed by atoms with Crippen LogP contribution in [0.15, 0.2) is 71.3 Å². The molecule has 0 bridgehead atoms. The van der Waals surface area contributed by atoms with Crippen LogP contribution in [0.1, 0.15) is 64.0 Å². The number of rotatable bonds is 12. The van der Waals surface area contributed by atoms with E-state index in [1.807, 2.05) is 47.0 Å². The minimum absolute atomic E-state index is 0.218. The van der Waals surface area contributed by atoms with Gasteiger partial charge >= 0.3 is 11.9 Å². The highest BCUT2D eigenvalue weighted by molar-refractivity contribution is 9.10. The molecule has 1 amide bonds. The number of aliphatic carboxylic acids is 1. The third-order valence-corrected chi connectivity index (χ3v) is 7.39. The number of aromatic carboxylic acids is 1. The molecule has 0 aliphatic carbocycles. The zero-order chi connectivity index (χ0) is 27.9. The van der Waals surface area contributed by atoms with Crippen molar-refractivity contribution in [3.8, 4) is 0 Å². The van der Waals surface area contributed by atoms with E-state index in [9.17, 15) is 24.6 Å². The minimum atomic E-state index is -1.00. The van der Waals surface area contributed by atoms with Crippen LogP contribution in [0.25, 0.3) is 10.8 Å². The number of aryl methyl sites for hydroxylation is 1. The molecule has 0 saturated heterocycles. The fourth-order valence-electron chi connectivity index (χ4n) is 4.68. The molecule has 39 heavy (non-hydrogen) atoms. The molecule has 4 rings (SSSR count). The number of nitrogens with one attached hydrogen (secondary N) is 1. The third kappa shape index (κ3) is 6.92. The second-order valence-corrected chi connectivity index (χ2v) is 10.3. The molecule has 0 aliphatic heterocycles. The number of carbonyl (C=O) groups excluding carboxylic acids is 1. The van der Waals surface area contributed by atoms with Crippen LogP contribution in [0.4, 0.5) is 0 Å². The van der Waals surface area contributed by atoms with Gasteiger partial charge in [0.05, 0.1) is 12.0 Å². The number of unbranched alkanes of at least 4 members (excludes halogenated alkanes) is 1. The number of carboxylic acid groups (broad SMARTS) is 2. The summed E-state index contributed by atoms with van der Waals surface area (Å²) in [5.74, 6) is -1.68. The Morgan fingerprint density at radius 1 is 0.974 bits per heavy atom. The Labute approximate surface area is 234 Å². The maximum atomic E-state index is 13.3. The van der Waals surface area contributed by atoms with Crippen LogP contribution in [0, 0.1) is 0 Å². The number of carbonyl (C=O) groups is 3. The average molecular weight is 592 g/mol. The molecule has 0 fully saturated rings. The molecule has 3 N–H and O–H groups in total. The molecule has 3 aromatic carbocycles. The van der Waals surface area contributed by atoms with Gasteiger partial charge in [-0.3, -0.25) is 9.59 Å². The second kappa shape index (κ2) is 12.7. The highest BCUT2D eigenvalue weighted by Crippen LogP contribution is 2.25. The Balaban J connectivity index is 1.62. The van der Waals surface area contributed by atoms with Crippen LogP contribution < -0.4 is 5.32 Å². The monoisotopic (exact) mass is 591 g/mol. The van der Waals surface area contributed by atoms with E-state index < -0.39 is 23.9 Å². The number of hydrogen-bond donors (Lipinski definition) is 3. The number of benzene rings is 3. The van der Waals surface area contributed by atoms with Crippen molar-refractivity contribution in [1.82, 2.24) is 14.9 Å². The molecule has 0 aliphatic rings. The number of imidazole rings is 1. The van der Waals surface area contributed by atoms with Crippen molar-refractivity contribution in [3.63, 3.8) is 0 Å². The van der Waals surface area contributed by atoms with Gasteiger partial charge in [0.1, 0.15) is 11.5 Å². The van der Waals surface area contributed by atoms with E-state index >= 15 is 0 Å². The van der Waals surface area contributed by atoms with Gasteiger partial charge in [0.2, 0.25) is 0 Å². The van der Waals surface area contributed by atoms with Gasteiger partial charge in [0.25, 0.3) is 5.91 Å². The van der Waals surface area contributed by atoms with Gasteiger partial charge in [0, 0.05) is 29.7 Å². The summed E-state index contributed by atoms with van der Waals surface area (Å²) < 4.78 is 2.77. The van der Waals surface area contributed by atoms with Crippen molar-refractivity contribution < 1.29 is 24.6 Å². The van der Waals surface area contributed by atoms with Crippen LogP contribution in [0.3, 0.4) is 0 Å². The van der Waals surface area contributed by atoms with Gasteiger partial charge in [-0.15, -0.1) is 0 Å². The summed E-state index contributed by atoms with van der Waals surface area (Å²) in [4.78, 5) is 41.2. The maximum absolute atomic E-state index is 13.3. The van der Waals surface area contributed by atoms with Gasteiger partial charge in [-0.2, -0.15) is 0 Å². The zero-order valence-electron chi connectivity index (χ0n) is 21.6. The van der Waals surface area contributed by atoms with Crippen LogP contribution in [-0.2, 0) is 24.2 Å². The molecule has 1 aromatic heterocycles. The number of halogens is 1. The highest BCUT2D eigenvalue weighted by Gasteiger charge is 2.22. The number of aromatic nitrogens is 2. The Bertz CT molecular complexity index is 1510. The van der Waals surface area contributed by atoms with Crippen LogP contribution in [0.2, 0.25) is 0 Å². The van der Waals surface area contributed by atoms with E-state index in [1.54, 1.807) is 24.4 Å². The standard InChI is InChI=1S/C30H30BrN3O5/c1-2-3-12-27-33-26(29(37)32-21(16-28(35)36)15-19-8-4-7-11-25(19)31)18-34(27)17-20-13-14-24(30(38)39)23-10-6-5-9-22(20)23/h4-11,13-14,18,21H,2-3,12,15-17H2,1H3,(H,32,37)(H,35,36)(H,38,39). The first-order valence-corrected chi connectivity index (χ1v) is 13.6. The number of hydrogen-bond acceptors (Lipinski definition) is 4. The smallest absolute Gasteiger partial charge is 0.336 e. The number of carboxylic acids is 2. The Morgan fingerprint density at radius 3 is 2.38 bits per heavy atom. The molecule has 8 nitrogen and oxygen atoms in total. The van der Waals surface area contributed by atoms with Gasteiger partial charge in [-0.05, 0) is 46.9 Å². The normalized spacial score (nSPS) is 11.8. The minimum Gasteiger partial charge on any atom is -0.481 e. The molecule has 1 atom stereocenters. The van der Waals surface area contributed by atoms with E-state index in [-0.39, 0.29) is 17.7 Å². The van der Waals surface area contributed by atoms with Crippen molar-refractivity contribution in [2.24, 2.45) is 0 Å². The Hall–Kier alpha value is -3.98. The third-order valence-electron chi connectivity index (χ3n) is 6.61. The quantitative estimate of drug-likeness (QED) is 0.194. The van der Waals surface area contributed by atoms with Crippen molar-refractivity contribution in [3.05, 3.63) is 99.5 Å². The zero-order valence-corrected chi connectivity index (χ0v) is 23.1. The van der Waals surface area contributed by atoms with Crippen molar-refractivity contribution >= 4 is 44.5 Å². The molecular weight excluding hydrogens is 562 g/mol. The second-order valence-electron chi connectivity index (χ2n) is 9.46. The molecular formula is C30H30BrN3O5. The van der Waals surface area contributed by atoms with Crippen LogP contribution >= 0.6 is 15.9 Å². The fraction of sp³-hybridized carbons (Fsp3) is 0.267. The summed E-state index contributed by atoms with van der Waals surface area (Å²) in [6.07, 6.45) is 4.34. The summed E-state index contributed by atoms with van der Waals surface area (Å²) >= 11 is 3.49. The molecule has 1 heterocycles. The molecule has 0 saturated carbocycles. The SMILES string of the molecule is CCCCc1nc(C(=O)NC(CC(=O)O)Cc2ccccc2Br)cn1Cc1ccc(C(=O)O)c2ccccc12. The first-order valence-electron chi connectivity index (χ1n) is 12.8. The lowest BCUT2D eigenvalue weighted by molar-refractivity contribution is -0.137. The first kappa shape index (κ1) is 28.0. The van der Waals surface area contributed by atoms with Crippen molar-refractivity contribution in [2.75, 3.05) is 0 Å². The van der Waals surface area contributed by atoms with E-state index in [0.717, 1.165) is 39.7 Å². The highest BCUT2D eigenvalue weighted by atomic mass is 79.9. The van der Waals surface area contributed by atoms with E-state index in [1.165, 1.54) is 0 Å². The van der Waals surface area contributed by atoms with Gasteiger partial charge < -0.3 is 20.1 Å². The lowest BCUT2D eigenvalue weighted by Gasteiger charge is -2.17. The Morgan fingerprint density at radius 2 is 1.69 bits per heavy atom. The van der Waals surface area contributed by atoms with Gasteiger partial charge in [-0.25, -0.2) is 9.78 Å². The Kier molecular flexibility index (Phi) is 9.14. The van der Waals surface area contributed by atoms with E-state index in [4.69, 9.17) is 0 Å². The number of fused-ring (bicyclic) bond motifs is 1. The largest absolute Gasteiger partial charge is 0.481 e. The average Bonchev–Trinajstić information content (AvgIpc) is 3.31. The first-order chi connectivity index (χ1) is 18.8. The molecule has 9 heteroatoms. The topological polar surface area (TPSA) is 122 Å². The molecule has 0 radical (unpaired) electrons.